The molecule has 0 aliphatic rings. The van der Waals surface area contributed by atoms with Crippen LogP contribution in [0.1, 0.15) is 13.8 Å². The van der Waals surface area contributed by atoms with E-state index in [9.17, 15) is 5.11 Å². The summed E-state index contributed by atoms with van der Waals surface area (Å²) in [6.07, 6.45) is -0.565. The highest BCUT2D eigenvalue weighted by atomic mass is 35.5. The second-order valence-corrected chi connectivity index (χ2v) is 4.12. The first-order valence-electron chi connectivity index (χ1n) is 5.82. The van der Waals surface area contributed by atoms with Gasteiger partial charge in [-0.3, -0.25) is 9.48 Å². The molecule has 0 fully saturated rings. The predicted molar refractivity (Wildman–Crippen MR) is 76.5 cm³/mol. The summed E-state index contributed by atoms with van der Waals surface area (Å²) in [7, 11) is 3.58. The zero-order chi connectivity index (χ0) is 12.9. The zero-order valence-electron chi connectivity index (χ0n) is 11.3. The number of nitrogens with zero attached hydrogens (tertiary/aromatic N) is 2. The fraction of sp³-hybridized carbons (Fsp3) is 0.462. The predicted octanol–water partition coefficient (Wildman–Crippen LogP) is 1.81. The lowest BCUT2D eigenvalue weighted by Crippen LogP contribution is -2.44. The molecule has 1 aromatic carbocycles. The minimum absolute atomic E-state index is 0. The molecule has 4 nitrogen and oxygen atoms in total. The summed E-state index contributed by atoms with van der Waals surface area (Å²) in [4.78, 5) is 3.45. The Morgan fingerprint density at radius 1 is 1.33 bits per heavy atom. The third-order valence-corrected chi connectivity index (χ3v) is 3.22. The van der Waals surface area contributed by atoms with Crippen LogP contribution >= 0.6 is 12.4 Å². The van der Waals surface area contributed by atoms with Crippen molar-refractivity contribution < 1.29 is 9.84 Å². The third kappa shape index (κ3) is 3.89. The van der Waals surface area contributed by atoms with E-state index in [1.54, 1.807) is 6.07 Å². The van der Waals surface area contributed by atoms with Gasteiger partial charge in [-0.05, 0) is 26.0 Å². The van der Waals surface area contributed by atoms with Gasteiger partial charge in [0.05, 0.1) is 20.1 Å². The van der Waals surface area contributed by atoms with Crippen LogP contribution in [0.25, 0.3) is 0 Å². The Balaban J connectivity index is 0.00000289. The Labute approximate surface area is 115 Å². The molecule has 1 aromatic rings. The lowest BCUT2D eigenvalue weighted by atomic mass is 10.2. The van der Waals surface area contributed by atoms with E-state index in [0.29, 0.717) is 5.75 Å². The Bertz CT molecular complexity index is 404. The molecule has 0 aliphatic carbocycles. The summed E-state index contributed by atoms with van der Waals surface area (Å²) in [5, 5.41) is 11.1. The molecule has 0 spiro atoms. The smallest absolute Gasteiger partial charge is 0.149 e. The van der Waals surface area contributed by atoms with Crippen molar-refractivity contribution in [1.82, 2.24) is 4.48 Å². The first-order chi connectivity index (χ1) is 8.05. The topological polar surface area (TPSA) is 44.6 Å². The van der Waals surface area contributed by atoms with Gasteiger partial charge in [-0.1, -0.05) is 6.07 Å². The van der Waals surface area contributed by atoms with Crippen molar-refractivity contribution in [2.75, 3.05) is 27.2 Å². The Kier molecular flexibility index (Phi) is 6.73. The van der Waals surface area contributed by atoms with Crippen molar-refractivity contribution in [3.05, 3.63) is 24.3 Å². The van der Waals surface area contributed by atoms with Gasteiger partial charge >= 0.3 is 0 Å². The molecule has 0 heterocycles. The summed E-state index contributed by atoms with van der Waals surface area (Å²) >= 11 is 0. The second-order valence-electron chi connectivity index (χ2n) is 4.12. The minimum atomic E-state index is -0.565. The average Bonchev–Trinajstić information content (AvgIpc) is 2.38. The van der Waals surface area contributed by atoms with Crippen LogP contribution in [0.3, 0.4) is 0 Å². The molecule has 0 aromatic heterocycles. The largest absolute Gasteiger partial charge is 0.566 e. The van der Waals surface area contributed by atoms with Crippen LogP contribution in [-0.2, 0) is 0 Å². The maximum absolute atomic E-state index is 11.1. The summed E-state index contributed by atoms with van der Waals surface area (Å²) in [6, 6.07) is 7.61. The SMILES string of the molecule is CC[N+](C)(CC)c1cccc(OC([O-])=NC)c1.Cl. The van der Waals surface area contributed by atoms with Crippen LogP contribution in [0.5, 0.6) is 5.75 Å². The maximum atomic E-state index is 11.1. The number of hydrogen-bond acceptors (Lipinski definition) is 3. The van der Waals surface area contributed by atoms with Gasteiger partial charge in [-0.25, -0.2) is 0 Å². The van der Waals surface area contributed by atoms with Gasteiger partial charge in [0.25, 0.3) is 0 Å². The van der Waals surface area contributed by atoms with Gasteiger partial charge in [0.1, 0.15) is 11.8 Å². The van der Waals surface area contributed by atoms with Gasteiger partial charge in [0.2, 0.25) is 0 Å². The van der Waals surface area contributed by atoms with E-state index in [2.05, 4.69) is 25.9 Å². The molecule has 0 N–H and O–H groups in total. The van der Waals surface area contributed by atoms with Gasteiger partial charge in [-0.2, -0.15) is 0 Å². The van der Waals surface area contributed by atoms with Crippen molar-refractivity contribution in [1.29, 1.82) is 0 Å². The molecule has 0 amide bonds. The van der Waals surface area contributed by atoms with Gasteiger partial charge in [0.15, 0.2) is 0 Å². The van der Waals surface area contributed by atoms with Crippen molar-refractivity contribution >= 4 is 24.2 Å². The molecule has 1 rings (SSSR count). The molecule has 18 heavy (non-hydrogen) atoms. The normalized spacial score (nSPS) is 11.9. The zero-order valence-corrected chi connectivity index (χ0v) is 12.2. The molecular formula is C13H21ClN2O2. The first kappa shape index (κ1) is 16.7. The molecule has 5 heteroatoms. The molecule has 0 atom stereocenters. The lowest BCUT2D eigenvalue weighted by Gasteiger charge is -2.32. The molecule has 0 saturated heterocycles. The Morgan fingerprint density at radius 3 is 2.44 bits per heavy atom. The summed E-state index contributed by atoms with van der Waals surface area (Å²) < 4.78 is 5.89. The molecule has 0 radical (unpaired) electrons. The Hall–Kier alpha value is -1.26. The fourth-order valence-corrected chi connectivity index (χ4v) is 1.62. The number of quaternary nitrogens is 1. The first-order valence-corrected chi connectivity index (χ1v) is 5.82. The molecule has 0 saturated carbocycles. The van der Waals surface area contributed by atoms with Crippen molar-refractivity contribution in [2.24, 2.45) is 4.99 Å². The summed E-state index contributed by atoms with van der Waals surface area (Å²) in [5.74, 6) is 0.546. The van der Waals surface area contributed by atoms with E-state index < -0.39 is 6.08 Å². The molecule has 102 valence electrons. The van der Waals surface area contributed by atoms with Crippen LogP contribution in [-0.4, -0.2) is 33.3 Å². The van der Waals surface area contributed by atoms with E-state index in [4.69, 9.17) is 4.74 Å². The van der Waals surface area contributed by atoms with Crippen molar-refractivity contribution in [3.63, 3.8) is 0 Å². The number of ether oxygens (including phenoxy) is 1. The standard InChI is InChI=1S/C13H20N2O2.ClH/c1-5-15(4,6-2)11-8-7-9-12(10-11)17-13(16)14-3;/h7-10H,5-6H2,1-4H3;1H. The highest BCUT2D eigenvalue weighted by Crippen LogP contribution is 2.25. The summed E-state index contributed by atoms with van der Waals surface area (Å²) in [6.45, 7) is 6.27. The third-order valence-electron chi connectivity index (χ3n) is 3.22. The van der Waals surface area contributed by atoms with E-state index in [1.165, 1.54) is 7.05 Å². The van der Waals surface area contributed by atoms with Crippen LogP contribution in [0, 0.1) is 0 Å². The van der Waals surface area contributed by atoms with Gasteiger partial charge in [-0.15, -0.1) is 12.4 Å². The van der Waals surface area contributed by atoms with Crippen LogP contribution in [0.4, 0.5) is 5.69 Å². The highest BCUT2D eigenvalue weighted by molar-refractivity contribution is 5.85. The Morgan fingerprint density at radius 2 is 1.94 bits per heavy atom. The minimum Gasteiger partial charge on any atom is -0.566 e. The fourth-order valence-electron chi connectivity index (χ4n) is 1.62. The quantitative estimate of drug-likeness (QED) is 0.477. The summed E-state index contributed by atoms with van der Waals surface area (Å²) in [5.41, 5.74) is 1.14. The number of benzene rings is 1. The number of hydrogen-bond donors (Lipinski definition) is 0. The second kappa shape index (κ2) is 7.24. The molecular weight excluding hydrogens is 252 g/mol. The van der Waals surface area contributed by atoms with Crippen LogP contribution < -0.4 is 14.3 Å². The molecule has 0 bridgehead atoms. The van der Waals surface area contributed by atoms with Crippen LogP contribution in [0.2, 0.25) is 0 Å². The average molecular weight is 273 g/mol. The highest BCUT2D eigenvalue weighted by Gasteiger charge is 2.19. The van der Waals surface area contributed by atoms with E-state index in [1.807, 2.05) is 18.2 Å². The van der Waals surface area contributed by atoms with Gasteiger partial charge in [0, 0.05) is 18.9 Å². The van der Waals surface area contributed by atoms with Crippen molar-refractivity contribution in [3.8, 4) is 5.75 Å². The number of aliphatic imine (C=N–C) groups is 1. The number of rotatable bonds is 4. The monoisotopic (exact) mass is 272 g/mol. The molecule has 0 unspecified atom stereocenters. The van der Waals surface area contributed by atoms with E-state index >= 15 is 0 Å². The maximum Gasteiger partial charge on any atom is 0.149 e. The van der Waals surface area contributed by atoms with Crippen molar-refractivity contribution in [2.45, 2.75) is 13.8 Å². The lowest BCUT2D eigenvalue weighted by molar-refractivity contribution is -0.240. The van der Waals surface area contributed by atoms with Gasteiger partial charge < -0.3 is 9.84 Å². The number of halogens is 1. The van der Waals surface area contributed by atoms with Crippen LogP contribution in [0.15, 0.2) is 29.3 Å². The van der Waals surface area contributed by atoms with E-state index in [-0.39, 0.29) is 12.4 Å². The molecule has 0 aliphatic heterocycles. The van der Waals surface area contributed by atoms with E-state index in [0.717, 1.165) is 23.3 Å².